The predicted molar refractivity (Wildman–Crippen MR) is 84.9 cm³/mol. The van der Waals surface area contributed by atoms with Crippen molar-refractivity contribution in [3.8, 4) is 0 Å². The topological polar surface area (TPSA) is 107 Å². The predicted octanol–water partition coefficient (Wildman–Crippen LogP) is 0.0236. The van der Waals surface area contributed by atoms with E-state index in [-0.39, 0.29) is 28.7 Å². The standard InChI is InChI=1S/C14H19NO6S2/c1-21-8-7-15-14(16)11-2-4-12(5-3-11)23(19,20)13-6-9-22(17,18)10-13/h2-5,13H,6-10H2,1H3,(H,15,16)/t13-/m1/s1. The molecule has 0 radical (unpaired) electrons. The normalized spacial score (nSPS) is 20.3. The molecule has 2 rings (SSSR count). The number of benzene rings is 1. The molecule has 1 saturated heterocycles. The summed E-state index contributed by atoms with van der Waals surface area (Å²) >= 11 is 0. The molecule has 1 heterocycles. The minimum absolute atomic E-state index is 0.0352. The monoisotopic (exact) mass is 361 g/mol. The number of rotatable bonds is 6. The van der Waals surface area contributed by atoms with Crippen LogP contribution in [0.2, 0.25) is 0 Å². The van der Waals surface area contributed by atoms with Crippen LogP contribution < -0.4 is 5.32 Å². The summed E-state index contributed by atoms with van der Waals surface area (Å²) < 4.78 is 52.6. The van der Waals surface area contributed by atoms with Crippen LogP contribution in [0.3, 0.4) is 0 Å². The van der Waals surface area contributed by atoms with E-state index in [1.54, 1.807) is 0 Å². The molecule has 0 aliphatic carbocycles. The third-order valence-corrected chi connectivity index (χ3v) is 7.85. The van der Waals surface area contributed by atoms with E-state index in [0.29, 0.717) is 18.7 Å². The van der Waals surface area contributed by atoms with Crippen LogP contribution in [0.15, 0.2) is 29.2 Å². The fraction of sp³-hybridized carbons (Fsp3) is 0.500. The Labute approximate surface area is 135 Å². The van der Waals surface area contributed by atoms with Crippen molar-refractivity contribution < 1.29 is 26.4 Å². The average Bonchev–Trinajstić information content (AvgIpc) is 2.88. The number of amides is 1. The molecular formula is C14H19NO6S2. The molecule has 1 amide bonds. The van der Waals surface area contributed by atoms with E-state index in [0.717, 1.165) is 0 Å². The van der Waals surface area contributed by atoms with Gasteiger partial charge in [0, 0.05) is 19.2 Å². The Balaban J connectivity index is 2.11. The second kappa shape index (κ2) is 6.98. The fourth-order valence-electron chi connectivity index (χ4n) is 2.36. The third kappa shape index (κ3) is 4.30. The van der Waals surface area contributed by atoms with E-state index in [9.17, 15) is 21.6 Å². The molecule has 0 spiro atoms. The molecule has 0 aromatic heterocycles. The van der Waals surface area contributed by atoms with E-state index in [1.807, 2.05) is 0 Å². The lowest BCUT2D eigenvalue weighted by atomic mass is 10.2. The Morgan fingerprint density at radius 3 is 2.48 bits per heavy atom. The van der Waals surface area contributed by atoms with Gasteiger partial charge in [0.05, 0.1) is 28.3 Å². The lowest BCUT2D eigenvalue weighted by Gasteiger charge is -2.11. The van der Waals surface area contributed by atoms with Gasteiger partial charge in [-0.15, -0.1) is 0 Å². The van der Waals surface area contributed by atoms with Crippen molar-refractivity contribution in [1.82, 2.24) is 5.32 Å². The van der Waals surface area contributed by atoms with Crippen molar-refractivity contribution >= 4 is 25.6 Å². The first-order chi connectivity index (χ1) is 10.8. The molecule has 1 aromatic carbocycles. The third-order valence-electron chi connectivity index (χ3n) is 3.67. The van der Waals surface area contributed by atoms with E-state index in [1.165, 1.54) is 31.4 Å². The summed E-state index contributed by atoms with van der Waals surface area (Å²) in [6.45, 7) is 0.740. The van der Waals surface area contributed by atoms with Gasteiger partial charge < -0.3 is 10.1 Å². The number of hydrogen-bond donors (Lipinski definition) is 1. The quantitative estimate of drug-likeness (QED) is 0.716. The molecule has 1 atom stereocenters. The van der Waals surface area contributed by atoms with Crippen LogP contribution in [0.25, 0.3) is 0 Å². The van der Waals surface area contributed by atoms with Crippen LogP contribution in [-0.2, 0) is 24.4 Å². The number of carbonyl (C=O) groups is 1. The van der Waals surface area contributed by atoms with Crippen LogP contribution in [0, 0.1) is 0 Å². The Kier molecular flexibility index (Phi) is 5.43. The van der Waals surface area contributed by atoms with Gasteiger partial charge in [0.2, 0.25) is 0 Å². The number of hydrogen-bond acceptors (Lipinski definition) is 6. The van der Waals surface area contributed by atoms with E-state index in [4.69, 9.17) is 4.74 Å². The number of carbonyl (C=O) groups excluding carboxylic acids is 1. The zero-order valence-electron chi connectivity index (χ0n) is 12.7. The van der Waals surface area contributed by atoms with Crippen molar-refractivity contribution in [2.45, 2.75) is 16.6 Å². The summed E-state index contributed by atoms with van der Waals surface area (Å²) in [5, 5.41) is 1.72. The van der Waals surface area contributed by atoms with Gasteiger partial charge in [0.15, 0.2) is 19.7 Å². The van der Waals surface area contributed by atoms with Crippen molar-refractivity contribution in [2.75, 3.05) is 31.8 Å². The summed E-state index contributed by atoms with van der Waals surface area (Å²) in [5.41, 5.74) is 0.332. The van der Waals surface area contributed by atoms with Gasteiger partial charge >= 0.3 is 0 Å². The van der Waals surface area contributed by atoms with E-state index < -0.39 is 24.9 Å². The summed E-state index contributed by atoms with van der Waals surface area (Å²) in [6, 6.07) is 5.51. The smallest absolute Gasteiger partial charge is 0.251 e. The highest BCUT2D eigenvalue weighted by Gasteiger charge is 2.37. The summed E-state index contributed by atoms with van der Waals surface area (Å²) in [7, 11) is -5.46. The zero-order valence-corrected chi connectivity index (χ0v) is 14.3. The lowest BCUT2D eigenvalue weighted by molar-refractivity contribution is 0.0937. The molecule has 1 aromatic rings. The molecule has 128 valence electrons. The number of ether oxygens (including phenoxy) is 1. The first-order valence-electron chi connectivity index (χ1n) is 7.08. The maximum absolute atomic E-state index is 12.4. The van der Waals surface area contributed by atoms with Gasteiger partial charge in [-0.25, -0.2) is 16.8 Å². The highest BCUT2D eigenvalue weighted by molar-refractivity contribution is 7.96. The second-order valence-electron chi connectivity index (χ2n) is 5.34. The summed E-state index contributed by atoms with van der Waals surface area (Å²) in [4.78, 5) is 11.9. The van der Waals surface area contributed by atoms with Crippen LogP contribution in [0.5, 0.6) is 0 Å². The van der Waals surface area contributed by atoms with Crippen LogP contribution in [0.4, 0.5) is 0 Å². The average molecular weight is 361 g/mol. The lowest BCUT2D eigenvalue weighted by Crippen LogP contribution is -2.27. The number of methoxy groups -OCH3 is 1. The van der Waals surface area contributed by atoms with Gasteiger partial charge in [-0.2, -0.15) is 0 Å². The molecule has 7 nitrogen and oxygen atoms in total. The Bertz CT molecular complexity index is 768. The summed E-state index contributed by atoms with van der Waals surface area (Å²) in [5.74, 6) is -0.764. The van der Waals surface area contributed by atoms with Gasteiger partial charge in [0.1, 0.15) is 0 Å². The van der Waals surface area contributed by atoms with Gasteiger partial charge in [-0.3, -0.25) is 4.79 Å². The van der Waals surface area contributed by atoms with Gasteiger partial charge in [-0.1, -0.05) is 0 Å². The molecule has 23 heavy (non-hydrogen) atoms. The van der Waals surface area contributed by atoms with Crippen LogP contribution in [0.1, 0.15) is 16.8 Å². The van der Waals surface area contributed by atoms with Crippen molar-refractivity contribution in [3.05, 3.63) is 29.8 Å². The van der Waals surface area contributed by atoms with Crippen LogP contribution in [-0.4, -0.2) is 59.8 Å². The second-order valence-corrected chi connectivity index (χ2v) is 9.80. The Hall–Kier alpha value is -1.45. The first-order valence-corrected chi connectivity index (χ1v) is 10.4. The highest BCUT2D eigenvalue weighted by Crippen LogP contribution is 2.25. The van der Waals surface area contributed by atoms with Crippen LogP contribution >= 0.6 is 0 Å². The first kappa shape index (κ1) is 17.9. The Morgan fingerprint density at radius 2 is 1.96 bits per heavy atom. The minimum Gasteiger partial charge on any atom is -0.383 e. The fourth-order valence-corrected chi connectivity index (χ4v) is 6.72. The van der Waals surface area contributed by atoms with Crippen molar-refractivity contribution in [1.29, 1.82) is 0 Å². The van der Waals surface area contributed by atoms with Crippen molar-refractivity contribution in [2.24, 2.45) is 0 Å². The molecule has 0 unspecified atom stereocenters. The maximum atomic E-state index is 12.4. The largest absolute Gasteiger partial charge is 0.383 e. The molecule has 0 saturated carbocycles. The molecule has 1 aliphatic rings. The molecule has 0 bridgehead atoms. The molecule has 9 heteroatoms. The Morgan fingerprint density at radius 1 is 1.30 bits per heavy atom. The molecule has 1 aliphatic heterocycles. The molecular weight excluding hydrogens is 342 g/mol. The van der Waals surface area contributed by atoms with Gasteiger partial charge in [0.25, 0.3) is 5.91 Å². The van der Waals surface area contributed by atoms with Crippen molar-refractivity contribution in [3.63, 3.8) is 0 Å². The summed E-state index contributed by atoms with van der Waals surface area (Å²) in [6.07, 6.45) is 0.115. The molecule has 1 fully saturated rings. The highest BCUT2D eigenvalue weighted by atomic mass is 32.2. The maximum Gasteiger partial charge on any atom is 0.251 e. The van der Waals surface area contributed by atoms with E-state index >= 15 is 0 Å². The molecule has 1 N–H and O–H groups in total. The number of nitrogens with one attached hydrogen (secondary N) is 1. The SMILES string of the molecule is COCCNC(=O)c1ccc(S(=O)(=O)[C@@H]2CCS(=O)(=O)C2)cc1. The van der Waals surface area contributed by atoms with E-state index in [2.05, 4.69) is 5.32 Å². The zero-order chi connectivity index (χ0) is 17.1. The van der Waals surface area contributed by atoms with Gasteiger partial charge in [-0.05, 0) is 30.7 Å². The minimum atomic E-state index is -3.70. The number of sulfone groups is 2.